The molecule has 2 fully saturated rings. The highest BCUT2D eigenvalue weighted by atomic mass is 35.5. The van der Waals surface area contributed by atoms with E-state index in [0.717, 1.165) is 56.2 Å². The number of oxime groups is 1. The van der Waals surface area contributed by atoms with Gasteiger partial charge in [-0.05, 0) is 56.6 Å². The molecule has 1 atom stereocenters. The van der Waals surface area contributed by atoms with Gasteiger partial charge >= 0.3 is 0 Å². The van der Waals surface area contributed by atoms with Crippen LogP contribution in [-0.4, -0.2) is 67.5 Å². The Morgan fingerprint density at radius 2 is 1.97 bits per heavy atom. The number of carbonyl (C=O) groups is 1. The van der Waals surface area contributed by atoms with Crippen molar-refractivity contribution in [1.29, 1.82) is 0 Å². The van der Waals surface area contributed by atoms with Crippen molar-refractivity contribution in [2.75, 3.05) is 25.0 Å². The van der Waals surface area contributed by atoms with E-state index in [2.05, 4.69) is 26.5 Å². The monoisotopic (exact) mass is 552 g/mol. The summed E-state index contributed by atoms with van der Waals surface area (Å²) in [5, 5.41) is 13.1. The summed E-state index contributed by atoms with van der Waals surface area (Å²) in [5.41, 5.74) is 9.14. The predicted molar refractivity (Wildman–Crippen MR) is 153 cm³/mol. The third-order valence-corrected chi connectivity index (χ3v) is 8.48. The van der Waals surface area contributed by atoms with Gasteiger partial charge in [-0.1, -0.05) is 36.5 Å². The standard InChI is InChI=1S/C28H37ClN8O2/c1-4-35(3)27(38)23-6-5-11-36(23)28-33-21-13-22(26(30)34-39)32-24(19-12-20(29)15-31-14-19)25(21)37(28)16-18-9-7-17(2)8-10-18/h12-15,17-18,23,39H,4-11,16H2,1-3H3,(H2,30,34)/t17?,18?,23-/m0/s1. The number of hydrogen-bond acceptors (Lipinski definition) is 7. The molecule has 0 unspecified atom stereocenters. The topological polar surface area (TPSA) is 126 Å². The second-order valence-corrected chi connectivity index (χ2v) is 11.4. The average molecular weight is 553 g/mol. The molecule has 1 aliphatic carbocycles. The lowest BCUT2D eigenvalue weighted by molar-refractivity contribution is -0.130. The Balaban J connectivity index is 1.72. The number of amides is 1. The van der Waals surface area contributed by atoms with E-state index in [-0.39, 0.29) is 17.8 Å². The molecule has 3 aromatic heterocycles. The fraction of sp³-hybridized carbons (Fsp3) is 0.536. The summed E-state index contributed by atoms with van der Waals surface area (Å²) >= 11 is 6.34. The zero-order valence-electron chi connectivity index (χ0n) is 22.8. The van der Waals surface area contributed by atoms with Gasteiger partial charge in [-0.25, -0.2) is 9.97 Å². The van der Waals surface area contributed by atoms with E-state index in [1.54, 1.807) is 23.4 Å². The number of carbonyl (C=O) groups excluding carboxylic acids is 1. The SMILES string of the molecule is CCN(C)C(=O)[C@@H]1CCCN1c1nc2cc(/C(N)=N/O)nc(-c3cncc(Cl)c3)c2n1CC1CCC(C)CC1. The van der Waals surface area contributed by atoms with Crippen LogP contribution < -0.4 is 10.6 Å². The first-order valence-electron chi connectivity index (χ1n) is 13.8. The molecule has 208 valence electrons. The quantitative estimate of drug-likeness (QED) is 0.191. The Morgan fingerprint density at radius 1 is 1.21 bits per heavy atom. The number of amidine groups is 1. The number of imidazole rings is 1. The number of nitrogens with zero attached hydrogens (tertiary/aromatic N) is 7. The van der Waals surface area contributed by atoms with Crippen molar-refractivity contribution in [1.82, 2.24) is 24.4 Å². The number of fused-ring (bicyclic) bond motifs is 1. The third-order valence-electron chi connectivity index (χ3n) is 8.27. The summed E-state index contributed by atoms with van der Waals surface area (Å²) in [5.74, 6) is 1.99. The van der Waals surface area contributed by atoms with Crippen LogP contribution in [0.2, 0.25) is 5.02 Å². The van der Waals surface area contributed by atoms with E-state index >= 15 is 0 Å². The molecule has 3 N–H and O–H groups in total. The van der Waals surface area contributed by atoms with Crippen LogP contribution in [0.5, 0.6) is 0 Å². The Bertz CT molecular complexity index is 1380. The Labute approximate surface area is 233 Å². The smallest absolute Gasteiger partial charge is 0.245 e. The number of halogens is 1. The zero-order valence-corrected chi connectivity index (χ0v) is 23.6. The second kappa shape index (κ2) is 11.4. The van der Waals surface area contributed by atoms with E-state index < -0.39 is 0 Å². The molecule has 1 amide bonds. The van der Waals surface area contributed by atoms with Gasteiger partial charge in [0, 0.05) is 44.6 Å². The van der Waals surface area contributed by atoms with Crippen molar-refractivity contribution in [2.24, 2.45) is 22.7 Å². The fourth-order valence-corrected chi connectivity index (χ4v) is 6.08. The number of hydrogen-bond donors (Lipinski definition) is 2. The number of aromatic nitrogens is 4. The molecule has 0 bridgehead atoms. The first-order valence-corrected chi connectivity index (χ1v) is 14.2. The highest BCUT2D eigenvalue weighted by Crippen LogP contribution is 2.38. The van der Waals surface area contributed by atoms with E-state index in [1.807, 2.05) is 20.0 Å². The van der Waals surface area contributed by atoms with Crippen LogP contribution in [0, 0.1) is 11.8 Å². The van der Waals surface area contributed by atoms with E-state index in [0.29, 0.717) is 40.0 Å². The summed E-state index contributed by atoms with van der Waals surface area (Å²) < 4.78 is 2.24. The van der Waals surface area contributed by atoms with Crippen molar-refractivity contribution in [3.8, 4) is 11.3 Å². The molecule has 0 radical (unpaired) electrons. The summed E-state index contributed by atoms with van der Waals surface area (Å²) in [7, 11) is 1.85. The molecule has 10 nitrogen and oxygen atoms in total. The molecular formula is C28H37ClN8O2. The average Bonchev–Trinajstić information content (AvgIpc) is 3.57. The summed E-state index contributed by atoms with van der Waals surface area (Å²) in [4.78, 5) is 31.5. The Morgan fingerprint density at radius 3 is 2.67 bits per heavy atom. The molecule has 0 aromatic carbocycles. The van der Waals surface area contributed by atoms with Crippen LogP contribution in [0.1, 0.15) is 58.1 Å². The van der Waals surface area contributed by atoms with Crippen molar-refractivity contribution < 1.29 is 10.0 Å². The van der Waals surface area contributed by atoms with Gasteiger partial charge in [0.05, 0.1) is 21.7 Å². The highest BCUT2D eigenvalue weighted by Gasteiger charge is 2.36. The maximum atomic E-state index is 13.4. The van der Waals surface area contributed by atoms with Crippen molar-refractivity contribution in [3.63, 3.8) is 0 Å². The number of nitrogens with two attached hydrogens (primary N) is 1. The lowest BCUT2D eigenvalue weighted by atomic mass is 9.83. The molecule has 5 rings (SSSR count). The Kier molecular flexibility index (Phi) is 7.93. The van der Waals surface area contributed by atoms with Gasteiger partial charge in [0.1, 0.15) is 11.7 Å². The molecule has 1 aliphatic heterocycles. The van der Waals surface area contributed by atoms with Gasteiger partial charge in [0.25, 0.3) is 0 Å². The van der Waals surface area contributed by atoms with Crippen LogP contribution in [0.4, 0.5) is 5.95 Å². The minimum Gasteiger partial charge on any atom is -0.409 e. The van der Waals surface area contributed by atoms with Crippen LogP contribution in [0.15, 0.2) is 29.7 Å². The lowest BCUT2D eigenvalue weighted by Crippen LogP contribution is -2.45. The number of pyridine rings is 2. The van der Waals surface area contributed by atoms with Gasteiger partial charge < -0.3 is 25.3 Å². The Hall–Kier alpha value is -3.40. The summed E-state index contributed by atoms with van der Waals surface area (Å²) in [6.45, 7) is 6.47. The van der Waals surface area contributed by atoms with Crippen molar-refractivity contribution in [3.05, 3.63) is 35.2 Å². The van der Waals surface area contributed by atoms with Gasteiger partial charge in [-0.3, -0.25) is 9.78 Å². The van der Waals surface area contributed by atoms with Gasteiger partial charge in [-0.2, -0.15) is 0 Å². The van der Waals surface area contributed by atoms with E-state index in [4.69, 9.17) is 27.3 Å². The zero-order chi connectivity index (χ0) is 27.7. The van der Waals surface area contributed by atoms with Crippen molar-refractivity contribution >= 4 is 40.3 Å². The van der Waals surface area contributed by atoms with E-state index in [9.17, 15) is 10.0 Å². The molecule has 11 heteroatoms. The van der Waals surface area contributed by atoms with Crippen LogP contribution in [0.25, 0.3) is 22.3 Å². The highest BCUT2D eigenvalue weighted by molar-refractivity contribution is 6.30. The maximum Gasteiger partial charge on any atom is 0.245 e. The molecule has 3 aromatic rings. The molecule has 0 spiro atoms. The van der Waals surface area contributed by atoms with Crippen LogP contribution in [-0.2, 0) is 11.3 Å². The lowest BCUT2D eigenvalue weighted by Gasteiger charge is -2.31. The van der Waals surface area contributed by atoms with Gasteiger partial charge in [0.15, 0.2) is 5.84 Å². The maximum absolute atomic E-state index is 13.4. The first-order chi connectivity index (χ1) is 18.8. The van der Waals surface area contributed by atoms with Crippen LogP contribution in [0.3, 0.4) is 0 Å². The van der Waals surface area contributed by atoms with Crippen LogP contribution >= 0.6 is 11.6 Å². The number of anilines is 1. The molecular weight excluding hydrogens is 516 g/mol. The third kappa shape index (κ3) is 5.39. The fourth-order valence-electron chi connectivity index (χ4n) is 5.90. The molecule has 1 saturated carbocycles. The minimum absolute atomic E-state index is 0.106. The molecule has 2 aliphatic rings. The summed E-state index contributed by atoms with van der Waals surface area (Å²) in [6.07, 6.45) is 9.68. The normalized spacial score (nSPS) is 22.0. The summed E-state index contributed by atoms with van der Waals surface area (Å²) in [6, 6.07) is 3.29. The van der Waals surface area contributed by atoms with Gasteiger partial charge in [0.2, 0.25) is 11.9 Å². The molecule has 4 heterocycles. The minimum atomic E-state index is -0.273. The molecule has 1 saturated heterocycles. The largest absolute Gasteiger partial charge is 0.409 e. The van der Waals surface area contributed by atoms with Gasteiger partial charge in [-0.15, -0.1) is 0 Å². The second-order valence-electron chi connectivity index (χ2n) is 11.0. The van der Waals surface area contributed by atoms with E-state index in [1.165, 1.54) is 12.8 Å². The number of likely N-dealkylation sites (N-methyl/N-ethyl adjacent to an activating group) is 1. The predicted octanol–water partition coefficient (Wildman–Crippen LogP) is 4.51. The first kappa shape index (κ1) is 27.2. The molecule has 39 heavy (non-hydrogen) atoms. The number of rotatable bonds is 7. The van der Waals surface area contributed by atoms with Crippen molar-refractivity contribution in [2.45, 2.75) is 65.0 Å².